The summed E-state index contributed by atoms with van der Waals surface area (Å²) in [6.45, 7) is 3.87. The Morgan fingerprint density at radius 3 is 2.47 bits per heavy atom. The highest BCUT2D eigenvalue weighted by molar-refractivity contribution is 5.85. The lowest BCUT2D eigenvalue weighted by molar-refractivity contribution is 0.283. The summed E-state index contributed by atoms with van der Waals surface area (Å²) in [7, 11) is 0. The Morgan fingerprint density at radius 1 is 1.13 bits per heavy atom. The predicted octanol–water partition coefficient (Wildman–Crippen LogP) is 3.50. The number of aliphatic hydroxyl groups excluding tert-OH is 1. The molecule has 0 heterocycles. The molecule has 0 saturated carbocycles. The lowest BCUT2D eigenvalue weighted by atomic mass is 10.1. The van der Waals surface area contributed by atoms with Crippen LogP contribution in [0.4, 0.5) is 4.39 Å². The third-order valence-electron chi connectivity index (χ3n) is 2.08. The SMILES string of the molecule is CC.OCc1cc(F)cc2ccccc12. The molecule has 2 aromatic carbocycles. The van der Waals surface area contributed by atoms with Crippen molar-refractivity contribution < 1.29 is 9.50 Å². The van der Waals surface area contributed by atoms with Gasteiger partial charge in [0.15, 0.2) is 0 Å². The van der Waals surface area contributed by atoms with Crippen molar-refractivity contribution in [3.63, 3.8) is 0 Å². The van der Waals surface area contributed by atoms with Crippen LogP contribution in [0, 0.1) is 5.82 Å². The van der Waals surface area contributed by atoms with E-state index in [1.165, 1.54) is 12.1 Å². The van der Waals surface area contributed by atoms with Crippen LogP contribution in [0.25, 0.3) is 10.8 Å². The Balaban J connectivity index is 0.000000531. The first-order valence-corrected chi connectivity index (χ1v) is 5.09. The van der Waals surface area contributed by atoms with Gasteiger partial charge in [-0.05, 0) is 28.5 Å². The molecule has 2 aromatic rings. The second-order valence-electron chi connectivity index (χ2n) is 2.94. The Kier molecular flexibility index (Phi) is 4.25. The minimum Gasteiger partial charge on any atom is -0.392 e. The molecule has 0 radical (unpaired) electrons. The second-order valence-corrected chi connectivity index (χ2v) is 2.94. The van der Waals surface area contributed by atoms with E-state index in [1.807, 2.05) is 38.1 Å². The fraction of sp³-hybridized carbons (Fsp3) is 0.231. The molecule has 80 valence electrons. The summed E-state index contributed by atoms with van der Waals surface area (Å²) in [6.07, 6.45) is 0. The molecule has 0 fully saturated rings. The van der Waals surface area contributed by atoms with Crippen LogP contribution in [0.5, 0.6) is 0 Å². The van der Waals surface area contributed by atoms with E-state index in [9.17, 15) is 4.39 Å². The standard InChI is InChI=1S/C11H9FO.C2H6/c12-10-5-8-3-1-2-4-11(8)9(6-10)7-13;1-2/h1-6,13H,7H2;1-2H3. The van der Waals surface area contributed by atoms with Crippen LogP contribution < -0.4 is 0 Å². The fourth-order valence-corrected chi connectivity index (χ4v) is 1.48. The third-order valence-corrected chi connectivity index (χ3v) is 2.08. The maximum Gasteiger partial charge on any atom is 0.124 e. The molecule has 0 aliphatic rings. The van der Waals surface area contributed by atoms with Crippen molar-refractivity contribution >= 4 is 10.8 Å². The minimum atomic E-state index is -0.303. The van der Waals surface area contributed by atoms with Crippen LogP contribution in [0.2, 0.25) is 0 Å². The summed E-state index contributed by atoms with van der Waals surface area (Å²) in [5.74, 6) is -0.303. The molecule has 0 saturated heterocycles. The minimum absolute atomic E-state index is 0.127. The number of halogens is 1. The summed E-state index contributed by atoms with van der Waals surface area (Å²) < 4.78 is 13.0. The Hall–Kier alpha value is -1.41. The first-order chi connectivity index (χ1) is 7.31. The van der Waals surface area contributed by atoms with Gasteiger partial charge in [-0.25, -0.2) is 4.39 Å². The van der Waals surface area contributed by atoms with Gasteiger partial charge in [0.1, 0.15) is 5.82 Å². The monoisotopic (exact) mass is 206 g/mol. The van der Waals surface area contributed by atoms with Crippen LogP contribution in [0.3, 0.4) is 0 Å². The van der Waals surface area contributed by atoms with E-state index in [2.05, 4.69) is 0 Å². The van der Waals surface area contributed by atoms with E-state index in [4.69, 9.17) is 5.11 Å². The molecule has 0 aliphatic heterocycles. The number of aliphatic hydroxyl groups is 1. The van der Waals surface area contributed by atoms with Gasteiger partial charge in [-0.3, -0.25) is 0 Å². The summed E-state index contributed by atoms with van der Waals surface area (Å²) in [6, 6.07) is 10.3. The summed E-state index contributed by atoms with van der Waals surface area (Å²) >= 11 is 0. The van der Waals surface area contributed by atoms with E-state index in [-0.39, 0.29) is 12.4 Å². The maximum absolute atomic E-state index is 13.0. The molecule has 0 unspecified atom stereocenters. The lowest BCUT2D eigenvalue weighted by Gasteiger charge is -2.03. The van der Waals surface area contributed by atoms with Gasteiger partial charge in [-0.1, -0.05) is 38.1 Å². The van der Waals surface area contributed by atoms with Crippen LogP contribution in [0.1, 0.15) is 19.4 Å². The van der Waals surface area contributed by atoms with Gasteiger partial charge in [0.25, 0.3) is 0 Å². The predicted molar refractivity (Wildman–Crippen MR) is 61.2 cm³/mol. The third kappa shape index (κ3) is 2.54. The van der Waals surface area contributed by atoms with Crippen molar-refractivity contribution in [2.45, 2.75) is 20.5 Å². The number of fused-ring (bicyclic) bond motifs is 1. The smallest absolute Gasteiger partial charge is 0.124 e. The van der Waals surface area contributed by atoms with E-state index in [0.717, 1.165) is 10.8 Å². The number of rotatable bonds is 1. The molecule has 0 amide bonds. The summed E-state index contributed by atoms with van der Waals surface area (Å²) in [4.78, 5) is 0. The molecule has 0 aliphatic carbocycles. The zero-order chi connectivity index (χ0) is 11.3. The molecular formula is C13H15FO. The quantitative estimate of drug-likeness (QED) is 0.757. The van der Waals surface area contributed by atoms with Gasteiger partial charge in [-0.2, -0.15) is 0 Å². The molecule has 0 bridgehead atoms. The molecule has 2 heteroatoms. The second kappa shape index (κ2) is 5.47. The van der Waals surface area contributed by atoms with Crippen LogP contribution in [0.15, 0.2) is 36.4 Å². The van der Waals surface area contributed by atoms with Gasteiger partial charge in [0, 0.05) is 0 Å². The van der Waals surface area contributed by atoms with Gasteiger partial charge < -0.3 is 5.11 Å². The Bertz CT molecular complexity index is 437. The largest absolute Gasteiger partial charge is 0.392 e. The van der Waals surface area contributed by atoms with Crippen molar-refractivity contribution in [3.05, 3.63) is 47.8 Å². The van der Waals surface area contributed by atoms with Crippen molar-refractivity contribution in [2.75, 3.05) is 0 Å². The average Bonchev–Trinajstić information content (AvgIpc) is 2.30. The summed E-state index contributed by atoms with van der Waals surface area (Å²) in [5, 5.41) is 10.7. The highest BCUT2D eigenvalue weighted by Crippen LogP contribution is 2.20. The Labute approximate surface area is 89.2 Å². The topological polar surface area (TPSA) is 20.2 Å². The van der Waals surface area contributed by atoms with Gasteiger partial charge >= 0.3 is 0 Å². The van der Waals surface area contributed by atoms with Gasteiger partial charge in [-0.15, -0.1) is 0 Å². The van der Waals surface area contributed by atoms with E-state index in [0.29, 0.717) is 5.56 Å². The van der Waals surface area contributed by atoms with Crippen molar-refractivity contribution in [3.8, 4) is 0 Å². The molecule has 15 heavy (non-hydrogen) atoms. The van der Waals surface area contributed by atoms with Crippen molar-refractivity contribution in [1.82, 2.24) is 0 Å². The maximum atomic E-state index is 13.0. The van der Waals surface area contributed by atoms with Gasteiger partial charge in [0.05, 0.1) is 6.61 Å². The van der Waals surface area contributed by atoms with E-state index in [1.54, 1.807) is 0 Å². The molecule has 0 spiro atoms. The first-order valence-electron chi connectivity index (χ1n) is 5.09. The molecule has 1 N–H and O–H groups in total. The number of hydrogen-bond donors (Lipinski definition) is 1. The molecule has 0 aromatic heterocycles. The average molecular weight is 206 g/mol. The first kappa shape index (κ1) is 11.7. The van der Waals surface area contributed by atoms with Crippen LogP contribution in [-0.4, -0.2) is 5.11 Å². The van der Waals surface area contributed by atoms with Crippen LogP contribution in [-0.2, 0) is 6.61 Å². The van der Waals surface area contributed by atoms with Crippen molar-refractivity contribution in [2.24, 2.45) is 0 Å². The van der Waals surface area contributed by atoms with Crippen LogP contribution >= 0.6 is 0 Å². The zero-order valence-corrected chi connectivity index (χ0v) is 9.00. The number of benzene rings is 2. The van der Waals surface area contributed by atoms with Gasteiger partial charge in [0.2, 0.25) is 0 Å². The van der Waals surface area contributed by atoms with E-state index < -0.39 is 0 Å². The fourth-order valence-electron chi connectivity index (χ4n) is 1.48. The highest BCUT2D eigenvalue weighted by atomic mass is 19.1. The van der Waals surface area contributed by atoms with Crippen molar-refractivity contribution in [1.29, 1.82) is 0 Å². The normalized spacial score (nSPS) is 9.60. The Morgan fingerprint density at radius 2 is 1.80 bits per heavy atom. The lowest BCUT2D eigenvalue weighted by Crippen LogP contribution is -1.87. The molecular weight excluding hydrogens is 191 g/mol. The molecule has 0 atom stereocenters. The highest BCUT2D eigenvalue weighted by Gasteiger charge is 2.01. The summed E-state index contributed by atoms with van der Waals surface area (Å²) in [5.41, 5.74) is 0.635. The molecule has 1 nitrogen and oxygen atoms in total. The zero-order valence-electron chi connectivity index (χ0n) is 9.00. The number of hydrogen-bond acceptors (Lipinski definition) is 1. The molecule has 2 rings (SSSR count). The van der Waals surface area contributed by atoms with E-state index >= 15 is 0 Å².